The zero-order valence-electron chi connectivity index (χ0n) is 11.4. The maximum atomic E-state index is 13.3. The highest BCUT2D eigenvalue weighted by Crippen LogP contribution is 2.22. The number of rotatable bonds is 5. The molecule has 8 heteroatoms. The van der Waals surface area contributed by atoms with E-state index in [1.165, 1.54) is 19.2 Å². The van der Waals surface area contributed by atoms with Crippen molar-refractivity contribution in [2.24, 2.45) is 0 Å². The van der Waals surface area contributed by atoms with Crippen molar-refractivity contribution in [1.82, 2.24) is 0 Å². The summed E-state index contributed by atoms with van der Waals surface area (Å²) < 4.78 is 45.0. The van der Waals surface area contributed by atoms with Gasteiger partial charge in [0.1, 0.15) is 11.6 Å². The second-order valence-corrected chi connectivity index (χ2v) is 5.97. The van der Waals surface area contributed by atoms with Crippen molar-refractivity contribution in [3.05, 3.63) is 53.8 Å². The lowest BCUT2D eigenvalue weighted by Gasteiger charge is -2.10. The molecule has 0 heterocycles. The second-order valence-electron chi connectivity index (χ2n) is 4.28. The highest BCUT2D eigenvalue weighted by Gasteiger charge is 2.19. The summed E-state index contributed by atoms with van der Waals surface area (Å²) in [5.74, 6) is -2.10. The van der Waals surface area contributed by atoms with E-state index in [2.05, 4.69) is 4.72 Å². The zero-order chi connectivity index (χ0) is 16.3. The predicted octanol–water partition coefficient (Wildman–Crippen LogP) is 2.33. The first kappa shape index (κ1) is 15.8. The van der Waals surface area contributed by atoms with Gasteiger partial charge in [0, 0.05) is 6.07 Å². The molecule has 2 aromatic rings. The van der Waals surface area contributed by atoms with E-state index < -0.39 is 27.4 Å². The Morgan fingerprint density at radius 1 is 1.23 bits per heavy atom. The minimum atomic E-state index is -4.05. The summed E-state index contributed by atoms with van der Waals surface area (Å²) in [7, 11) is -2.61. The molecule has 0 aliphatic heterocycles. The van der Waals surface area contributed by atoms with Crippen LogP contribution < -0.4 is 9.46 Å². The molecule has 6 nitrogen and oxygen atoms in total. The standard InChI is InChI=1S/C14H12FNO5S/c1-21-10-4-2-3-9(7-10)16-22(19,20)11-5-6-13(15)12(8-11)14(17)18/h2-8,16H,1H3,(H,17,18). The van der Waals surface area contributed by atoms with Crippen LogP contribution >= 0.6 is 0 Å². The number of hydrogen-bond donors (Lipinski definition) is 2. The Kier molecular flexibility index (Phi) is 4.32. The van der Waals surface area contributed by atoms with Gasteiger partial charge >= 0.3 is 5.97 Å². The fourth-order valence-corrected chi connectivity index (χ4v) is 2.81. The molecule has 0 fully saturated rings. The third-order valence-corrected chi connectivity index (χ3v) is 4.18. The number of carboxylic acids is 1. The van der Waals surface area contributed by atoms with Gasteiger partial charge in [-0.1, -0.05) is 6.07 Å². The van der Waals surface area contributed by atoms with Crippen LogP contribution in [0.5, 0.6) is 5.75 Å². The number of hydrogen-bond acceptors (Lipinski definition) is 4. The van der Waals surface area contributed by atoms with Crippen LogP contribution in [0.15, 0.2) is 47.4 Å². The Hall–Kier alpha value is -2.61. The first-order valence-corrected chi connectivity index (χ1v) is 7.51. The Balaban J connectivity index is 2.38. The van der Waals surface area contributed by atoms with Gasteiger partial charge in [-0.05, 0) is 30.3 Å². The van der Waals surface area contributed by atoms with Gasteiger partial charge < -0.3 is 9.84 Å². The maximum absolute atomic E-state index is 13.3. The van der Waals surface area contributed by atoms with E-state index in [4.69, 9.17) is 9.84 Å². The predicted molar refractivity (Wildman–Crippen MR) is 77.2 cm³/mol. The first-order valence-electron chi connectivity index (χ1n) is 6.03. The average molecular weight is 325 g/mol. The van der Waals surface area contributed by atoms with E-state index in [1.807, 2.05) is 0 Å². The Bertz CT molecular complexity index is 820. The number of methoxy groups -OCH3 is 1. The largest absolute Gasteiger partial charge is 0.497 e. The monoisotopic (exact) mass is 325 g/mol. The van der Waals surface area contributed by atoms with Crippen molar-refractivity contribution in [3.8, 4) is 5.75 Å². The summed E-state index contributed by atoms with van der Waals surface area (Å²) in [6.07, 6.45) is 0. The molecule has 0 bridgehead atoms. The summed E-state index contributed by atoms with van der Waals surface area (Å²) in [4.78, 5) is 10.5. The number of nitrogens with one attached hydrogen (secondary N) is 1. The van der Waals surface area contributed by atoms with Gasteiger partial charge in [0.2, 0.25) is 0 Å². The molecule has 0 amide bonds. The lowest BCUT2D eigenvalue weighted by atomic mass is 10.2. The second kappa shape index (κ2) is 6.02. The van der Waals surface area contributed by atoms with E-state index in [1.54, 1.807) is 12.1 Å². The first-order chi connectivity index (χ1) is 10.3. The molecule has 0 aliphatic rings. The molecule has 2 N–H and O–H groups in total. The van der Waals surface area contributed by atoms with Crippen LogP contribution in [0, 0.1) is 5.82 Å². The molecule has 0 spiro atoms. The minimum Gasteiger partial charge on any atom is -0.497 e. The summed E-state index contributed by atoms with van der Waals surface area (Å²) >= 11 is 0. The van der Waals surface area contributed by atoms with Crippen molar-refractivity contribution in [1.29, 1.82) is 0 Å². The van der Waals surface area contributed by atoms with E-state index in [0.717, 1.165) is 18.2 Å². The van der Waals surface area contributed by atoms with Crippen LogP contribution in [0.3, 0.4) is 0 Å². The Labute approximate surface area is 126 Å². The van der Waals surface area contributed by atoms with Crippen molar-refractivity contribution < 1.29 is 27.4 Å². The molecule has 0 unspecified atom stereocenters. The number of benzene rings is 2. The van der Waals surface area contributed by atoms with E-state index in [9.17, 15) is 17.6 Å². The fraction of sp³-hybridized carbons (Fsp3) is 0.0714. The van der Waals surface area contributed by atoms with Crippen molar-refractivity contribution in [2.75, 3.05) is 11.8 Å². The lowest BCUT2D eigenvalue weighted by molar-refractivity contribution is 0.0691. The third-order valence-electron chi connectivity index (χ3n) is 2.80. The van der Waals surface area contributed by atoms with E-state index in [0.29, 0.717) is 5.75 Å². The van der Waals surface area contributed by atoms with Gasteiger partial charge in [-0.25, -0.2) is 17.6 Å². The summed E-state index contributed by atoms with van der Waals surface area (Å²) in [6.45, 7) is 0. The van der Waals surface area contributed by atoms with Crippen molar-refractivity contribution in [2.45, 2.75) is 4.90 Å². The molecule has 0 saturated heterocycles. The minimum absolute atomic E-state index is 0.237. The van der Waals surface area contributed by atoms with Crippen LogP contribution in [0.2, 0.25) is 0 Å². The molecule has 0 atom stereocenters. The molecule has 0 aliphatic carbocycles. The van der Waals surface area contributed by atoms with Crippen LogP contribution in [-0.4, -0.2) is 26.6 Å². The van der Waals surface area contributed by atoms with Gasteiger partial charge in [-0.15, -0.1) is 0 Å². The average Bonchev–Trinajstić information content (AvgIpc) is 2.46. The van der Waals surface area contributed by atoms with Crippen molar-refractivity contribution in [3.63, 3.8) is 0 Å². The number of ether oxygens (including phenoxy) is 1. The number of sulfonamides is 1. The van der Waals surface area contributed by atoms with Crippen LogP contribution in [-0.2, 0) is 10.0 Å². The molecule has 116 valence electrons. The molecule has 0 aromatic heterocycles. The van der Waals surface area contributed by atoms with Gasteiger partial charge in [-0.2, -0.15) is 0 Å². The summed E-state index contributed by atoms with van der Waals surface area (Å²) in [5.41, 5.74) is -0.478. The number of anilines is 1. The molecule has 22 heavy (non-hydrogen) atoms. The molecular weight excluding hydrogens is 313 g/mol. The van der Waals surface area contributed by atoms with E-state index >= 15 is 0 Å². The van der Waals surface area contributed by atoms with Crippen LogP contribution in [0.25, 0.3) is 0 Å². The Morgan fingerprint density at radius 3 is 2.59 bits per heavy atom. The smallest absolute Gasteiger partial charge is 0.338 e. The van der Waals surface area contributed by atoms with Gasteiger partial charge in [-0.3, -0.25) is 4.72 Å². The molecule has 0 radical (unpaired) electrons. The highest BCUT2D eigenvalue weighted by molar-refractivity contribution is 7.92. The van der Waals surface area contributed by atoms with Gasteiger partial charge in [0.05, 0.1) is 23.3 Å². The summed E-state index contributed by atoms with van der Waals surface area (Å²) in [6, 6.07) is 8.73. The van der Waals surface area contributed by atoms with Gasteiger partial charge in [0.15, 0.2) is 0 Å². The highest BCUT2D eigenvalue weighted by atomic mass is 32.2. The molecule has 2 rings (SSSR count). The Morgan fingerprint density at radius 2 is 1.95 bits per heavy atom. The number of aromatic carboxylic acids is 1. The van der Waals surface area contributed by atoms with Crippen LogP contribution in [0.4, 0.5) is 10.1 Å². The number of halogens is 1. The van der Waals surface area contributed by atoms with Crippen molar-refractivity contribution >= 4 is 21.7 Å². The van der Waals surface area contributed by atoms with Crippen LogP contribution in [0.1, 0.15) is 10.4 Å². The SMILES string of the molecule is COc1cccc(NS(=O)(=O)c2ccc(F)c(C(=O)O)c2)c1. The lowest BCUT2D eigenvalue weighted by Crippen LogP contribution is -2.14. The quantitative estimate of drug-likeness (QED) is 0.880. The maximum Gasteiger partial charge on any atom is 0.338 e. The third kappa shape index (κ3) is 3.34. The fourth-order valence-electron chi connectivity index (χ4n) is 1.74. The number of carbonyl (C=O) groups is 1. The zero-order valence-corrected chi connectivity index (χ0v) is 12.2. The van der Waals surface area contributed by atoms with E-state index in [-0.39, 0.29) is 10.6 Å². The normalized spacial score (nSPS) is 11.0. The number of carboxylic acid groups (broad SMARTS) is 1. The molecular formula is C14H12FNO5S. The molecule has 2 aromatic carbocycles. The summed E-state index contributed by atoms with van der Waals surface area (Å²) in [5, 5.41) is 8.84. The van der Waals surface area contributed by atoms with Gasteiger partial charge in [0.25, 0.3) is 10.0 Å². The molecule has 0 saturated carbocycles. The topological polar surface area (TPSA) is 92.7 Å².